The number of rotatable bonds is 2. The molecule has 2 heteroatoms. The van der Waals surface area contributed by atoms with Gasteiger partial charge in [0.05, 0.1) is 12.4 Å². The van der Waals surface area contributed by atoms with Crippen molar-refractivity contribution < 1.29 is 4.74 Å². The molecule has 0 unspecified atom stereocenters. The Kier molecular flexibility index (Phi) is 4.20. The highest BCUT2D eigenvalue weighted by atomic mass is 79.9. The van der Waals surface area contributed by atoms with E-state index in [-0.39, 0.29) is 0 Å². The van der Waals surface area contributed by atoms with E-state index in [0.717, 1.165) is 12.4 Å². The molecule has 0 amide bonds. The molecule has 0 saturated carbocycles. The molecule has 0 spiro atoms. The number of allylic oxidation sites excluding steroid dienone is 1. The minimum Gasteiger partial charge on any atom is -0.498 e. The van der Waals surface area contributed by atoms with Crippen molar-refractivity contribution in [2.24, 2.45) is 0 Å². The summed E-state index contributed by atoms with van der Waals surface area (Å²) in [6.07, 6.45) is 0. The molecular weight excluding hydrogens is 156 g/mol. The van der Waals surface area contributed by atoms with Crippen LogP contribution in [0.5, 0.6) is 0 Å². The summed E-state index contributed by atoms with van der Waals surface area (Å²) in [5.41, 5.74) is 0. The molecule has 0 radical (unpaired) electrons. The minimum absolute atomic E-state index is 0.744. The van der Waals surface area contributed by atoms with E-state index < -0.39 is 0 Å². The highest BCUT2D eigenvalue weighted by molar-refractivity contribution is 9.11. The van der Waals surface area contributed by atoms with Crippen LogP contribution in [0.4, 0.5) is 0 Å². The first-order chi connectivity index (χ1) is 3.31. The molecule has 7 heavy (non-hydrogen) atoms. The van der Waals surface area contributed by atoms with Crippen LogP contribution in [0.1, 0.15) is 13.8 Å². The zero-order valence-corrected chi connectivity index (χ0v) is 6.16. The maximum atomic E-state index is 5.01. The zero-order chi connectivity index (χ0) is 5.70. The summed E-state index contributed by atoms with van der Waals surface area (Å²) < 4.78 is 5.01. The van der Waals surface area contributed by atoms with Gasteiger partial charge in [-0.15, -0.1) is 0 Å². The lowest BCUT2D eigenvalue weighted by molar-refractivity contribution is 0.232. The van der Waals surface area contributed by atoms with Crippen LogP contribution < -0.4 is 0 Å². The topological polar surface area (TPSA) is 9.23 Å². The molecule has 0 atom stereocenters. The Morgan fingerprint density at radius 1 is 1.86 bits per heavy atom. The lowest BCUT2D eigenvalue weighted by Gasteiger charge is -1.97. The lowest BCUT2D eigenvalue weighted by Crippen LogP contribution is -1.82. The summed E-state index contributed by atoms with van der Waals surface area (Å²) in [4.78, 5) is 1.76. The van der Waals surface area contributed by atoms with Gasteiger partial charge < -0.3 is 4.74 Å². The van der Waals surface area contributed by atoms with Crippen LogP contribution >= 0.6 is 15.9 Å². The van der Waals surface area contributed by atoms with Gasteiger partial charge >= 0.3 is 0 Å². The van der Waals surface area contributed by atoms with Gasteiger partial charge in [0.2, 0.25) is 0 Å². The van der Waals surface area contributed by atoms with Crippen LogP contribution in [0.15, 0.2) is 10.7 Å². The van der Waals surface area contributed by atoms with E-state index in [9.17, 15) is 0 Å². The van der Waals surface area contributed by atoms with Crippen LogP contribution in [0.3, 0.4) is 0 Å². The first-order valence-corrected chi connectivity index (χ1v) is 3.12. The molecule has 0 aliphatic carbocycles. The van der Waals surface area contributed by atoms with Crippen molar-refractivity contribution in [1.29, 1.82) is 0 Å². The van der Waals surface area contributed by atoms with Gasteiger partial charge in [-0.2, -0.15) is 0 Å². The van der Waals surface area contributed by atoms with Gasteiger partial charge in [-0.1, -0.05) is 15.9 Å². The van der Waals surface area contributed by atoms with E-state index in [1.807, 2.05) is 13.8 Å². The fraction of sp³-hybridized carbons (Fsp3) is 0.600. The summed E-state index contributed by atoms with van der Waals surface area (Å²) in [5.74, 6) is 0.919. The van der Waals surface area contributed by atoms with E-state index in [0.29, 0.717) is 0 Å². The molecule has 42 valence electrons. The molecule has 0 heterocycles. The van der Waals surface area contributed by atoms with Crippen LogP contribution in [-0.2, 0) is 4.74 Å². The average molecular weight is 165 g/mol. The summed E-state index contributed by atoms with van der Waals surface area (Å²) in [7, 11) is 0. The second kappa shape index (κ2) is 4.19. The van der Waals surface area contributed by atoms with Crippen molar-refractivity contribution in [2.75, 3.05) is 6.61 Å². The van der Waals surface area contributed by atoms with Gasteiger partial charge in [0.15, 0.2) is 0 Å². The molecule has 0 N–H and O–H groups in total. The third-order valence-electron chi connectivity index (χ3n) is 0.526. The van der Waals surface area contributed by atoms with E-state index in [1.165, 1.54) is 0 Å². The monoisotopic (exact) mass is 164 g/mol. The van der Waals surface area contributed by atoms with Crippen molar-refractivity contribution in [3.8, 4) is 0 Å². The Balaban J connectivity index is 3.17. The quantitative estimate of drug-likeness (QED) is 0.570. The zero-order valence-electron chi connectivity index (χ0n) is 4.57. The Hall–Kier alpha value is 0.0200. The molecule has 0 bridgehead atoms. The van der Waals surface area contributed by atoms with E-state index in [2.05, 4.69) is 15.9 Å². The average Bonchev–Trinajstić information content (AvgIpc) is 1.68. The molecule has 0 fully saturated rings. The van der Waals surface area contributed by atoms with Crippen molar-refractivity contribution in [2.45, 2.75) is 13.8 Å². The van der Waals surface area contributed by atoms with Crippen LogP contribution in [-0.4, -0.2) is 6.61 Å². The standard InChI is InChI=1S/C5H9BrO/c1-3-7-5(2)4-6/h4H,3H2,1-2H3/b5-4+. The van der Waals surface area contributed by atoms with Gasteiger partial charge in [0.1, 0.15) is 0 Å². The third kappa shape index (κ3) is 3.86. The molecule has 0 aliphatic rings. The fourth-order valence-corrected chi connectivity index (χ4v) is 0.391. The molecule has 0 aromatic carbocycles. The van der Waals surface area contributed by atoms with Gasteiger partial charge in [0, 0.05) is 4.99 Å². The fourth-order valence-electron chi connectivity index (χ4n) is 0.259. The first kappa shape index (κ1) is 7.02. The number of halogens is 1. The van der Waals surface area contributed by atoms with Gasteiger partial charge in [-0.25, -0.2) is 0 Å². The minimum atomic E-state index is 0.744. The molecule has 0 saturated heterocycles. The van der Waals surface area contributed by atoms with E-state index in [1.54, 1.807) is 4.99 Å². The van der Waals surface area contributed by atoms with Gasteiger partial charge in [-0.05, 0) is 13.8 Å². The normalized spacial score (nSPS) is 11.6. The number of hydrogen-bond donors (Lipinski definition) is 0. The largest absolute Gasteiger partial charge is 0.498 e. The maximum absolute atomic E-state index is 5.01. The SMILES string of the molecule is CCO/C(C)=C/Br. The van der Waals surface area contributed by atoms with Gasteiger partial charge in [0.25, 0.3) is 0 Å². The summed E-state index contributed by atoms with van der Waals surface area (Å²) in [6, 6.07) is 0. The Labute approximate surface area is 52.5 Å². The first-order valence-electron chi connectivity index (χ1n) is 2.21. The molecule has 1 nitrogen and oxygen atoms in total. The third-order valence-corrected chi connectivity index (χ3v) is 1.17. The van der Waals surface area contributed by atoms with E-state index in [4.69, 9.17) is 4.74 Å². The van der Waals surface area contributed by atoms with Crippen LogP contribution in [0.2, 0.25) is 0 Å². The second-order valence-electron chi connectivity index (χ2n) is 1.15. The van der Waals surface area contributed by atoms with Crippen molar-refractivity contribution in [3.05, 3.63) is 10.7 Å². The summed E-state index contributed by atoms with van der Waals surface area (Å²) >= 11 is 3.13. The lowest BCUT2D eigenvalue weighted by atomic mass is 10.6. The summed E-state index contributed by atoms with van der Waals surface area (Å²) in [6.45, 7) is 4.60. The molecule has 0 aromatic rings. The Morgan fingerprint density at radius 2 is 2.43 bits per heavy atom. The van der Waals surface area contributed by atoms with E-state index >= 15 is 0 Å². The van der Waals surface area contributed by atoms with Gasteiger partial charge in [-0.3, -0.25) is 0 Å². The second-order valence-corrected chi connectivity index (χ2v) is 1.61. The van der Waals surface area contributed by atoms with Crippen molar-refractivity contribution >= 4 is 15.9 Å². The van der Waals surface area contributed by atoms with Crippen LogP contribution in [0, 0.1) is 0 Å². The summed E-state index contributed by atoms with van der Waals surface area (Å²) in [5, 5.41) is 0. The highest BCUT2D eigenvalue weighted by Gasteiger charge is 1.78. The number of ether oxygens (including phenoxy) is 1. The Morgan fingerprint density at radius 3 is 2.57 bits per heavy atom. The van der Waals surface area contributed by atoms with Crippen LogP contribution in [0.25, 0.3) is 0 Å². The molecule has 0 aliphatic heterocycles. The molecular formula is C5H9BrO. The van der Waals surface area contributed by atoms with Crippen molar-refractivity contribution in [1.82, 2.24) is 0 Å². The highest BCUT2D eigenvalue weighted by Crippen LogP contribution is 1.97. The predicted molar refractivity (Wildman–Crippen MR) is 34.3 cm³/mol. The molecule has 0 rings (SSSR count). The number of hydrogen-bond acceptors (Lipinski definition) is 1. The predicted octanol–water partition coefficient (Wildman–Crippen LogP) is 2.28. The van der Waals surface area contributed by atoms with Crippen molar-refractivity contribution in [3.63, 3.8) is 0 Å². The molecule has 0 aromatic heterocycles. The maximum Gasteiger partial charge on any atom is 0.0997 e. The Bertz CT molecular complexity index is 68.5. The smallest absolute Gasteiger partial charge is 0.0997 e.